The van der Waals surface area contributed by atoms with Crippen molar-refractivity contribution in [2.75, 3.05) is 11.4 Å². The maximum Gasteiger partial charge on any atom is 0.227 e. The number of piperidine rings is 1. The summed E-state index contributed by atoms with van der Waals surface area (Å²) in [7, 11) is 0. The van der Waals surface area contributed by atoms with Crippen molar-refractivity contribution >= 4 is 17.5 Å². The van der Waals surface area contributed by atoms with Crippen molar-refractivity contribution in [2.24, 2.45) is 5.92 Å². The third-order valence-electron chi connectivity index (χ3n) is 6.18. The first-order chi connectivity index (χ1) is 12.0. The summed E-state index contributed by atoms with van der Waals surface area (Å²) in [5.74, 6) is -0.133. The molecular weight excluding hydrogens is 314 g/mol. The molecule has 2 N–H and O–H groups in total. The van der Waals surface area contributed by atoms with Crippen LogP contribution in [0.1, 0.15) is 43.2 Å². The minimum atomic E-state index is -0.236. The van der Waals surface area contributed by atoms with Crippen LogP contribution in [0.2, 0.25) is 0 Å². The van der Waals surface area contributed by atoms with Crippen molar-refractivity contribution < 1.29 is 9.59 Å². The Hall–Kier alpha value is -1.88. The summed E-state index contributed by atoms with van der Waals surface area (Å²) in [6.07, 6.45) is 4.79. The highest BCUT2D eigenvalue weighted by Gasteiger charge is 2.38. The second-order valence-corrected chi connectivity index (χ2v) is 7.94. The standard InChI is InChI=1S/C20H27N3O2/c1-12-4-3-5-18(13(12)2)23-11-14(8-19(23)24)20(25)22-17-9-15-6-7-16(10-17)21-15/h3-5,14-17,21H,6-11H2,1-2H3,(H,22,25). The molecule has 2 bridgehead atoms. The van der Waals surface area contributed by atoms with Gasteiger partial charge in [0.2, 0.25) is 11.8 Å². The number of rotatable bonds is 3. The van der Waals surface area contributed by atoms with Crippen LogP contribution >= 0.6 is 0 Å². The number of nitrogens with zero attached hydrogens (tertiary/aromatic N) is 1. The second kappa shape index (κ2) is 6.45. The Morgan fingerprint density at radius 2 is 1.92 bits per heavy atom. The van der Waals surface area contributed by atoms with E-state index < -0.39 is 0 Å². The first-order valence-electron chi connectivity index (χ1n) is 9.44. The van der Waals surface area contributed by atoms with E-state index >= 15 is 0 Å². The molecule has 1 aromatic carbocycles. The van der Waals surface area contributed by atoms with Gasteiger partial charge in [0, 0.05) is 36.8 Å². The average molecular weight is 341 g/mol. The van der Waals surface area contributed by atoms with Crippen LogP contribution in [0.3, 0.4) is 0 Å². The predicted octanol–water partition coefficient (Wildman–Crippen LogP) is 2.06. The zero-order valence-corrected chi connectivity index (χ0v) is 15.0. The van der Waals surface area contributed by atoms with Crippen molar-refractivity contribution in [1.82, 2.24) is 10.6 Å². The van der Waals surface area contributed by atoms with Crippen molar-refractivity contribution in [2.45, 2.75) is 64.1 Å². The van der Waals surface area contributed by atoms with Gasteiger partial charge in [-0.05, 0) is 56.7 Å². The smallest absolute Gasteiger partial charge is 0.227 e. The van der Waals surface area contributed by atoms with Gasteiger partial charge in [-0.1, -0.05) is 12.1 Å². The molecule has 0 aliphatic carbocycles. The molecule has 0 saturated carbocycles. The van der Waals surface area contributed by atoms with Crippen LogP contribution < -0.4 is 15.5 Å². The summed E-state index contributed by atoms with van der Waals surface area (Å²) in [4.78, 5) is 27.0. The highest BCUT2D eigenvalue weighted by Crippen LogP contribution is 2.30. The van der Waals surface area contributed by atoms with E-state index in [1.165, 1.54) is 18.4 Å². The number of nitrogens with one attached hydrogen (secondary N) is 2. The molecule has 3 heterocycles. The topological polar surface area (TPSA) is 61.4 Å². The van der Waals surface area contributed by atoms with Crippen molar-refractivity contribution in [3.05, 3.63) is 29.3 Å². The minimum Gasteiger partial charge on any atom is -0.353 e. The monoisotopic (exact) mass is 341 g/mol. The molecule has 3 aliphatic rings. The van der Waals surface area contributed by atoms with E-state index in [0.29, 0.717) is 25.0 Å². The molecule has 2 amide bonds. The number of carbonyl (C=O) groups is 2. The Labute approximate surface area is 149 Å². The van der Waals surface area contributed by atoms with Crippen LogP contribution in [0.15, 0.2) is 18.2 Å². The number of benzene rings is 1. The molecule has 3 saturated heterocycles. The van der Waals surface area contributed by atoms with E-state index in [-0.39, 0.29) is 23.8 Å². The summed E-state index contributed by atoms with van der Waals surface area (Å²) in [5.41, 5.74) is 3.23. The highest BCUT2D eigenvalue weighted by atomic mass is 16.2. The third kappa shape index (κ3) is 3.17. The fourth-order valence-electron chi connectivity index (χ4n) is 4.64. The van der Waals surface area contributed by atoms with Gasteiger partial charge in [0.15, 0.2) is 0 Å². The van der Waals surface area contributed by atoms with Crippen molar-refractivity contribution in [3.63, 3.8) is 0 Å². The van der Waals surface area contributed by atoms with E-state index in [1.54, 1.807) is 4.90 Å². The lowest BCUT2D eigenvalue weighted by Gasteiger charge is -2.30. The van der Waals surface area contributed by atoms with E-state index in [1.807, 2.05) is 19.1 Å². The fourth-order valence-corrected chi connectivity index (χ4v) is 4.64. The summed E-state index contributed by atoms with van der Waals surface area (Å²) in [6, 6.07) is 7.38. The molecule has 3 fully saturated rings. The third-order valence-corrected chi connectivity index (χ3v) is 6.18. The van der Waals surface area contributed by atoms with Crippen LogP contribution in [-0.4, -0.2) is 36.5 Å². The molecule has 5 nitrogen and oxygen atoms in total. The summed E-state index contributed by atoms with van der Waals surface area (Å²) in [5, 5.41) is 6.82. The zero-order valence-electron chi connectivity index (χ0n) is 15.0. The summed E-state index contributed by atoms with van der Waals surface area (Å²) in [6.45, 7) is 4.58. The van der Waals surface area contributed by atoms with E-state index in [4.69, 9.17) is 0 Å². The molecule has 3 atom stereocenters. The molecule has 0 radical (unpaired) electrons. The molecule has 3 aliphatic heterocycles. The average Bonchev–Trinajstić information content (AvgIpc) is 3.13. The number of fused-ring (bicyclic) bond motifs is 2. The van der Waals surface area contributed by atoms with E-state index in [2.05, 4.69) is 23.6 Å². The molecule has 0 aromatic heterocycles. The van der Waals surface area contributed by atoms with Gasteiger partial charge in [0.05, 0.1) is 5.92 Å². The van der Waals surface area contributed by atoms with Gasteiger partial charge < -0.3 is 15.5 Å². The lowest BCUT2D eigenvalue weighted by molar-refractivity contribution is -0.127. The van der Waals surface area contributed by atoms with E-state index in [9.17, 15) is 9.59 Å². The molecule has 1 aromatic rings. The molecule has 25 heavy (non-hydrogen) atoms. The predicted molar refractivity (Wildman–Crippen MR) is 97.5 cm³/mol. The van der Waals surface area contributed by atoms with Crippen LogP contribution in [0.5, 0.6) is 0 Å². The summed E-state index contributed by atoms with van der Waals surface area (Å²) >= 11 is 0. The van der Waals surface area contributed by atoms with Gasteiger partial charge in [-0.2, -0.15) is 0 Å². The molecule has 4 rings (SSSR count). The fraction of sp³-hybridized carbons (Fsp3) is 0.600. The van der Waals surface area contributed by atoms with Gasteiger partial charge in [0.25, 0.3) is 0 Å². The second-order valence-electron chi connectivity index (χ2n) is 7.94. The van der Waals surface area contributed by atoms with E-state index in [0.717, 1.165) is 24.1 Å². The Morgan fingerprint density at radius 3 is 2.64 bits per heavy atom. The van der Waals surface area contributed by atoms with Crippen molar-refractivity contribution in [3.8, 4) is 0 Å². The van der Waals surface area contributed by atoms with Crippen LogP contribution in [0, 0.1) is 19.8 Å². The Bertz CT molecular complexity index is 690. The zero-order chi connectivity index (χ0) is 17.6. The maximum absolute atomic E-state index is 12.7. The first-order valence-corrected chi connectivity index (χ1v) is 9.44. The maximum atomic E-state index is 12.7. The van der Waals surface area contributed by atoms with Gasteiger partial charge in [-0.15, -0.1) is 0 Å². The molecular formula is C20H27N3O2. The lowest BCUT2D eigenvalue weighted by Crippen LogP contribution is -2.49. The number of anilines is 1. The van der Waals surface area contributed by atoms with Gasteiger partial charge in [0.1, 0.15) is 0 Å². The Kier molecular flexibility index (Phi) is 4.28. The number of hydrogen-bond donors (Lipinski definition) is 2. The number of carbonyl (C=O) groups excluding carboxylic acids is 2. The van der Waals surface area contributed by atoms with Crippen molar-refractivity contribution in [1.29, 1.82) is 0 Å². The highest BCUT2D eigenvalue weighted by molar-refractivity contribution is 6.01. The number of aryl methyl sites for hydroxylation is 1. The minimum absolute atomic E-state index is 0.0486. The Balaban J connectivity index is 1.41. The normalized spacial score (nSPS) is 31.4. The molecule has 5 heteroatoms. The largest absolute Gasteiger partial charge is 0.353 e. The SMILES string of the molecule is Cc1cccc(N2CC(C(=O)NC3CC4CCC(C3)N4)CC2=O)c1C. The van der Waals surface area contributed by atoms with Gasteiger partial charge >= 0.3 is 0 Å². The van der Waals surface area contributed by atoms with Gasteiger partial charge in [-0.3, -0.25) is 9.59 Å². The van der Waals surface area contributed by atoms with Crippen LogP contribution in [-0.2, 0) is 9.59 Å². The van der Waals surface area contributed by atoms with Gasteiger partial charge in [-0.25, -0.2) is 0 Å². The molecule has 134 valence electrons. The lowest BCUT2D eigenvalue weighted by atomic mass is 9.98. The Morgan fingerprint density at radius 1 is 1.20 bits per heavy atom. The number of amides is 2. The quantitative estimate of drug-likeness (QED) is 0.885. The molecule has 3 unspecified atom stereocenters. The number of hydrogen-bond acceptors (Lipinski definition) is 3. The molecule has 0 spiro atoms. The van der Waals surface area contributed by atoms with Crippen LogP contribution in [0.25, 0.3) is 0 Å². The summed E-state index contributed by atoms with van der Waals surface area (Å²) < 4.78 is 0. The van der Waals surface area contributed by atoms with Crippen LogP contribution in [0.4, 0.5) is 5.69 Å². The first kappa shape index (κ1) is 16.6.